The van der Waals surface area contributed by atoms with Crippen molar-refractivity contribution in [1.29, 1.82) is 5.26 Å². The van der Waals surface area contributed by atoms with Gasteiger partial charge in [-0.3, -0.25) is 14.8 Å². The predicted molar refractivity (Wildman–Crippen MR) is 105 cm³/mol. The minimum absolute atomic E-state index is 0.210. The Morgan fingerprint density at radius 3 is 2.48 bits per heavy atom. The van der Waals surface area contributed by atoms with Gasteiger partial charge in [0.2, 0.25) is 6.41 Å². The van der Waals surface area contributed by atoms with E-state index >= 15 is 0 Å². The first kappa shape index (κ1) is 21.5. The fourth-order valence-corrected chi connectivity index (χ4v) is 1.99. The molecule has 0 saturated heterocycles. The lowest BCUT2D eigenvalue weighted by Crippen LogP contribution is -2.07. The van der Waals surface area contributed by atoms with Crippen molar-refractivity contribution >= 4 is 24.7 Å². The molecule has 0 aromatic carbocycles. The fraction of sp³-hybridized carbons (Fsp3) is 0.105. The molecule has 2 aromatic heterocycles. The summed E-state index contributed by atoms with van der Waals surface area (Å²) in [6.45, 7) is 10.4. The number of ether oxygens (including phenoxy) is 1. The molecule has 0 bridgehead atoms. The molecule has 0 atom stereocenters. The summed E-state index contributed by atoms with van der Waals surface area (Å²) >= 11 is 5.82. The third kappa shape index (κ3) is 8.43. The summed E-state index contributed by atoms with van der Waals surface area (Å²) in [6.07, 6.45) is 4.96. The summed E-state index contributed by atoms with van der Waals surface area (Å²) in [5, 5.41) is 11.1. The van der Waals surface area contributed by atoms with Gasteiger partial charge >= 0.3 is 0 Å². The van der Waals surface area contributed by atoms with Crippen LogP contribution in [0.2, 0.25) is 5.02 Å². The quantitative estimate of drug-likeness (QED) is 0.353. The van der Waals surface area contributed by atoms with E-state index in [9.17, 15) is 4.79 Å². The molecule has 0 saturated carbocycles. The predicted octanol–water partition coefficient (Wildman–Crippen LogP) is 3.89. The number of hydrogen-bond donors (Lipinski definition) is 1. The summed E-state index contributed by atoms with van der Waals surface area (Å²) < 4.78 is 5.63. The van der Waals surface area contributed by atoms with Crippen LogP contribution in [0.1, 0.15) is 11.4 Å². The van der Waals surface area contributed by atoms with Crippen LogP contribution in [0, 0.1) is 25.2 Å². The molecule has 0 fully saturated rings. The summed E-state index contributed by atoms with van der Waals surface area (Å²) in [7, 11) is 0. The number of pyridine rings is 2. The van der Waals surface area contributed by atoms with Crippen molar-refractivity contribution < 1.29 is 9.53 Å². The summed E-state index contributed by atoms with van der Waals surface area (Å²) in [5.74, 6) is 1.58. The molecule has 0 aliphatic rings. The molecule has 0 spiro atoms. The number of aryl methyl sites for hydroxylation is 2. The molecular weight excluding hydrogens is 366 g/mol. The topological polar surface area (TPSA) is 100 Å². The number of carbonyl (C=O) groups is 1. The Morgan fingerprint density at radius 1 is 1.30 bits per heavy atom. The van der Waals surface area contributed by atoms with Gasteiger partial charge in [0.15, 0.2) is 0 Å². The van der Waals surface area contributed by atoms with Gasteiger partial charge < -0.3 is 10.1 Å². The maximum absolute atomic E-state index is 9.89. The maximum atomic E-state index is 9.89. The molecule has 2 aromatic rings. The van der Waals surface area contributed by atoms with E-state index in [0.29, 0.717) is 17.2 Å². The number of aliphatic imine (C=N–C) groups is 1. The number of nitriles is 1. The highest BCUT2D eigenvalue weighted by Crippen LogP contribution is 2.23. The Balaban J connectivity index is 0.000000293. The van der Waals surface area contributed by atoms with E-state index in [2.05, 4.69) is 33.6 Å². The van der Waals surface area contributed by atoms with Crippen molar-refractivity contribution in [3.63, 3.8) is 0 Å². The molecule has 8 heteroatoms. The summed E-state index contributed by atoms with van der Waals surface area (Å²) in [4.78, 5) is 21.5. The van der Waals surface area contributed by atoms with Gasteiger partial charge in [0.25, 0.3) is 0 Å². The highest BCUT2D eigenvalue weighted by Gasteiger charge is 2.01. The van der Waals surface area contributed by atoms with Crippen molar-refractivity contribution in [2.75, 3.05) is 0 Å². The lowest BCUT2D eigenvalue weighted by Gasteiger charge is -2.06. The van der Waals surface area contributed by atoms with Gasteiger partial charge in [-0.1, -0.05) is 18.2 Å². The third-order valence-corrected chi connectivity index (χ3v) is 3.01. The average Bonchev–Trinajstić information content (AvgIpc) is 2.61. The number of halogens is 1. The maximum Gasteiger partial charge on any atom is 0.212 e. The first-order chi connectivity index (χ1) is 12.9. The molecule has 27 heavy (non-hydrogen) atoms. The van der Waals surface area contributed by atoms with Crippen molar-refractivity contribution in [2.45, 2.75) is 13.8 Å². The number of nitrogens with one attached hydrogen (secondary N) is 1. The Hall–Kier alpha value is -3.50. The fourth-order valence-electron chi connectivity index (χ4n) is 1.83. The number of carbonyl (C=O) groups excluding carboxylic acids is 1. The number of rotatable bonds is 6. The zero-order chi connectivity index (χ0) is 20.2. The minimum Gasteiger partial charge on any atom is -0.456 e. The van der Waals surface area contributed by atoms with Crippen LogP contribution in [-0.2, 0) is 4.79 Å². The van der Waals surface area contributed by atoms with Gasteiger partial charge in [-0.2, -0.15) is 5.26 Å². The normalized spacial score (nSPS) is 9.93. The summed E-state index contributed by atoms with van der Waals surface area (Å²) in [6, 6.07) is 7.23. The Bertz CT molecular complexity index is 883. The zero-order valence-corrected chi connectivity index (χ0v) is 15.7. The Kier molecular flexibility index (Phi) is 8.92. The molecule has 0 aliphatic heterocycles. The molecule has 0 unspecified atom stereocenters. The first-order valence-electron chi connectivity index (χ1n) is 7.59. The smallest absolute Gasteiger partial charge is 0.212 e. The lowest BCUT2D eigenvalue weighted by molar-refractivity contribution is -0.108. The molecule has 2 heterocycles. The van der Waals surface area contributed by atoms with Gasteiger partial charge in [0, 0.05) is 41.4 Å². The number of allylic oxidation sites excluding steroid dienone is 2. The van der Waals surface area contributed by atoms with E-state index < -0.39 is 0 Å². The van der Waals surface area contributed by atoms with E-state index in [-0.39, 0.29) is 11.4 Å². The highest BCUT2D eigenvalue weighted by molar-refractivity contribution is 6.30. The van der Waals surface area contributed by atoms with Crippen LogP contribution >= 0.6 is 11.6 Å². The van der Waals surface area contributed by atoms with Gasteiger partial charge in [-0.05, 0) is 26.6 Å². The van der Waals surface area contributed by atoms with Crippen LogP contribution in [0.3, 0.4) is 0 Å². The average molecular weight is 384 g/mol. The van der Waals surface area contributed by atoms with Crippen LogP contribution in [0.5, 0.6) is 11.5 Å². The zero-order valence-electron chi connectivity index (χ0n) is 14.9. The molecule has 138 valence electrons. The Morgan fingerprint density at radius 2 is 1.96 bits per heavy atom. The summed E-state index contributed by atoms with van der Waals surface area (Å²) in [5.41, 5.74) is 2.05. The van der Waals surface area contributed by atoms with Gasteiger partial charge in [0.1, 0.15) is 17.3 Å². The second kappa shape index (κ2) is 11.2. The molecular formula is C19H18ClN5O2. The molecule has 1 N–H and O–H groups in total. The van der Waals surface area contributed by atoms with E-state index in [0.717, 1.165) is 17.1 Å². The third-order valence-electron chi connectivity index (χ3n) is 2.80. The van der Waals surface area contributed by atoms with E-state index in [4.69, 9.17) is 21.6 Å². The SMILES string of the molecule is C=N/C(=C\C(=C)C#N)NC=O.Cc1cc(Oc2cncc(Cl)c2)cc(C)n1. The molecule has 2 rings (SSSR count). The lowest BCUT2D eigenvalue weighted by atomic mass is 10.3. The first-order valence-corrected chi connectivity index (χ1v) is 7.97. The Labute approximate surface area is 162 Å². The second-order valence-electron chi connectivity index (χ2n) is 5.11. The largest absolute Gasteiger partial charge is 0.456 e. The van der Waals surface area contributed by atoms with Crippen LogP contribution in [0.4, 0.5) is 0 Å². The minimum atomic E-state index is 0.210. The van der Waals surface area contributed by atoms with Crippen molar-refractivity contribution in [1.82, 2.24) is 15.3 Å². The van der Waals surface area contributed by atoms with Gasteiger partial charge in [-0.25, -0.2) is 4.99 Å². The molecule has 0 aliphatic carbocycles. The standard InChI is InChI=1S/C12H11ClN2O.C7H7N3O/c1-8-3-11(4-9(2)15-8)16-12-5-10(13)6-14-7-12;1-6(4-8)3-7(9-2)10-5-11/h3-7H,1-2H3;3,5H,1-2H2,(H,10,11)/b;7-3+. The van der Waals surface area contributed by atoms with Gasteiger partial charge in [-0.15, -0.1) is 0 Å². The van der Waals surface area contributed by atoms with E-state index in [1.807, 2.05) is 26.0 Å². The second-order valence-corrected chi connectivity index (χ2v) is 5.55. The van der Waals surface area contributed by atoms with Crippen LogP contribution in [-0.4, -0.2) is 23.1 Å². The number of nitrogens with zero attached hydrogens (tertiary/aromatic N) is 4. The highest BCUT2D eigenvalue weighted by atomic mass is 35.5. The molecule has 0 radical (unpaired) electrons. The van der Waals surface area contributed by atoms with E-state index in [1.165, 1.54) is 6.08 Å². The van der Waals surface area contributed by atoms with Crippen LogP contribution in [0.25, 0.3) is 0 Å². The van der Waals surface area contributed by atoms with E-state index in [1.54, 1.807) is 24.5 Å². The van der Waals surface area contributed by atoms with Crippen LogP contribution in [0.15, 0.2) is 59.6 Å². The van der Waals surface area contributed by atoms with Crippen molar-refractivity contribution in [2.24, 2.45) is 4.99 Å². The van der Waals surface area contributed by atoms with Crippen molar-refractivity contribution in [3.8, 4) is 17.6 Å². The number of aromatic nitrogens is 2. The number of hydrogen-bond acceptors (Lipinski definition) is 6. The molecule has 7 nitrogen and oxygen atoms in total. The van der Waals surface area contributed by atoms with Crippen LogP contribution < -0.4 is 10.1 Å². The van der Waals surface area contributed by atoms with Gasteiger partial charge in [0.05, 0.1) is 17.3 Å². The number of amides is 1. The molecule has 1 amide bonds. The monoisotopic (exact) mass is 383 g/mol. The van der Waals surface area contributed by atoms with Crippen molar-refractivity contribution in [3.05, 3.63) is 71.1 Å².